The standard InChI is InChI=1S/C31H30F2N4O2/c32-23-8-6-22(7-9-23)29-28-5-1-2-15-36(28)31(39)37(30(29)38)16-4-3-14-35-17-12-21(13-18-35)26-20-34-27-11-10-24(33)19-25(26)27/h1-2,5-11,15,19-21,34H,3-4,12-14,16-18H2. The van der Waals surface area contributed by atoms with Gasteiger partial charge in [0.25, 0.3) is 5.56 Å². The van der Waals surface area contributed by atoms with Crippen molar-refractivity contribution in [2.45, 2.75) is 38.1 Å². The van der Waals surface area contributed by atoms with Crippen LogP contribution in [-0.2, 0) is 6.54 Å². The number of fused-ring (bicyclic) bond motifs is 2. The number of hydrogen-bond acceptors (Lipinski definition) is 3. The highest BCUT2D eigenvalue weighted by atomic mass is 19.1. The van der Waals surface area contributed by atoms with Gasteiger partial charge in [0.05, 0.1) is 11.1 Å². The molecule has 5 aromatic rings. The summed E-state index contributed by atoms with van der Waals surface area (Å²) in [5, 5.41) is 0.973. The number of nitrogens with one attached hydrogen (secondary N) is 1. The Labute approximate surface area is 224 Å². The minimum absolute atomic E-state index is 0.212. The van der Waals surface area contributed by atoms with Crippen LogP contribution in [0.25, 0.3) is 27.5 Å². The third kappa shape index (κ3) is 4.92. The van der Waals surface area contributed by atoms with E-state index < -0.39 is 0 Å². The van der Waals surface area contributed by atoms with E-state index in [1.165, 1.54) is 32.7 Å². The van der Waals surface area contributed by atoms with Crippen LogP contribution in [0.2, 0.25) is 0 Å². The first-order chi connectivity index (χ1) is 19.0. The van der Waals surface area contributed by atoms with E-state index in [0.717, 1.165) is 49.8 Å². The summed E-state index contributed by atoms with van der Waals surface area (Å²) in [6.45, 7) is 3.13. The van der Waals surface area contributed by atoms with Crippen LogP contribution < -0.4 is 11.2 Å². The highest BCUT2D eigenvalue weighted by Crippen LogP contribution is 2.33. The number of rotatable bonds is 7. The first-order valence-electron chi connectivity index (χ1n) is 13.5. The van der Waals surface area contributed by atoms with Crippen molar-refractivity contribution in [2.75, 3.05) is 19.6 Å². The van der Waals surface area contributed by atoms with E-state index >= 15 is 0 Å². The quantitative estimate of drug-likeness (QED) is 0.282. The van der Waals surface area contributed by atoms with E-state index in [1.807, 2.05) is 6.20 Å². The molecule has 0 saturated carbocycles. The van der Waals surface area contributed by atoms with Crippen LogP contribution in [0.4, 0.5) is 8.78 Å². The van der Waals surface area contributed by atoms with E-state index in [1.54, 1.807) is 48.7 Å². The molecule has 0 radical (unpaired) electrons. The number of aromatic amines is 1. The highest BCUT2D eigenvalue weighted by Gasteiger charge is 2.23. The molecule has 0 spiro atoms. The molecule has 1 aliphatic rings. The molecule has 1 N–H and O–H groups in total. The zero-order valence-electron chi connectivity index (χ0n) is 21.6. The van der Waals surface area contributed by atoms with Crippen LogP contribution in [0.5, 0.6) is 0 Å². The zero-order valence-corrected chi connectivity index (χ0v) is 21.6. The lowest BCUT2D eigenvalue weighted by Gasteiger charge is -2.32. The van der Waals surface area contributed by atoms with Crippen molar-refractivity contribution in [3.05, 3.63) is 111 Å². The minimum atomic E-state index is -0.379. The number of hydrogen-bond donors (Lipinski definition) is 1. The molecule has 0 unspecified atom stereocenters. The average molecular weight is 529 g/mol. The largest absolute Gasteiger partial charge is 0.361 e. The molecule has 1 saturated heterocycles. The maximum Gasteiger partial charge on any atom is 0.335 e. The van der Waals surface area contributed by atoms with Gasteiger partial charge in [-0.05, 0) is 105 Å². The Morgan fingerprint density at radius 2 is 1.62 bits per heavy atom. The lowest BCUT2D eigenvalue weighted by Crippen LogP contribution is -2.39. The molecule has 0 amide bonds. The molecule has 39 heavy (non-hydrogen) atoms. The third-order valence-electron chi connectivity index (χ3n) is 7.95. The van der Waals surface area contributed by atoms with Crippen LogP contribution in [0, 0.1) is 11.6 Å². The Bertz CT molecular complexity index is 1750. The Morgan fingerprint density at radius 1 is 0.872 bits per heavy atom. The molecule has 0 aliphatic carbocycles. The number of likely N-dealkylation sites (tertiary alicyclic amines) is 1. The van der Waals surface area contributed by atoms with Crippen LogP contribution in [-0.4, -0.2) is 38.5 Å². The van der Waals surface area contributed by atoms with Crippen molar-refractivity contribution >= 4 is 16.4 Å². The van der Waals surface area contributed by atoms with Crippen molar-refractivity contribution in [2.24, 2.45) is 0 Å². The molecule has 4 heterocycles. The smallest absolute Gasteiger partial charge is 0.335 e. The predicted molar refractivity (Wildman–Crippen MR) is 149 cm³/mol. The number of piperidine rings is 1. The van der Waals surface area contributed by atoms with Crippen LogP contribution >= 0.6 is 0 Å². The first kappa shape index (κ1) is 25.2. The molecule has 6 nitrogen and oxygen atoms in total. The number of benzene rings is 2. The SMILES string of the molecule is O=c1c(-c2ccc(F)cc2)c2ccccn2c(=O)n1CCCCN1CCC(c2c[nH]c3ccc(F)cc23)CC1. The Hall–Kier alpha value is -4.04. The molecule has 200 valence electrons. The summed E-state index contributed by atoms with van der Waals surface area (Å²) in [5.41, 5.74) is 2.94. The van der Waals surface area contributed by atoms with Gasteiger partial charge >= 0.3 is 5.69 Å². The summed E-state index contributed by atoms with van der Waals surface area (Å²) >= 11 is 0. The van der Waals surface area contributed by atoms with Crippen LogP contribution in [0.3, 0.4) is 0 Å². The van der Waals surface area contributed by atoms with Gasteiger partial charge in [0.2, 0.25) is 0 Å². The van der Waals surface area contributed by atoms with Gasteiger partial charge in [0, 0.05) is 29.8 Å². The summed E-state index contributed by atoms with van der Waals surface area (Å²) in [5.74, 6) is -0.190. The summed E-state index contributed by atoms with van der Waals surface area (Å²) < 4.78 is 30.1. The second-order valence-corrected chi connectivity index (χ2v) is 10.3. The molecule has 1 fully saturated rings. The van der Waals surface area contributed by atoms with Crippen molar-refractivity contribution in [3.63, 3.8) is 0 Å². The Kier molecular flexibility index (Phi) is 6.87. The van der Waals surface area contributed by atoms with E-state index in [4.69, 9.17) is 0 Å². The van der Waals surface area contributed by atoms with E-state index in [2.05, 4.69) is 9.88 Å². The molecule has 0 bridgehead atoms. The highest BCUT2D eigenvalue weighted by molar-refractivity contribution is 5.84. The zero-order chi connectivity index (χ0) is 26.9. The topological polar surface area (TPSA) is 62.5 Å². The lowest BCUT2D eigenvalue weighted by molar-refractivity contribution is 0.208. The van der Waals surface area contributed by atoms with Gasteiger partial charge in [-0.15, -0.1) is 0 Å². The van der Waals surface area contributed by atoms with Crippen molar-refractivity contribution in [3.8, 4) is 11.1 Å². The summed E-state index contributed by atoms with van der Waals surface area (Å²) in [6.07, 6.45) is 7.25. The van der Waals surface area contributed by atoms with Crippen molar-refractivity contribution in [1.82, 2.24) is 18.9 Å². The second kappa shape index (κ2) is 10.6. The minimum Gasteiger partial charge on any atom is -0.361 e. The molecule has 1 aliphatic heterocycles. The van der Waals surface area contributed by atoms with Gasteiger partial charge in [-0.1, -0.05) is 18.2 Å². The number of unbranched alkanes of at least 4 members (excludes halogenated alkanes) is 1. The monoisotopic (exact) mass is 528 g/mol. The number of halogens is 2. The molecular formula is C31H30F2N4O2. The second-order valence-electron chi connectivity index (χ2n) is 10.3. The number of pyridine rings is 1. The van der Waals surface area contributed by atoms with E-state index in [-0.39, 0.29) is 22.9 Å². The predicted octanol–water partition coefficient (Wildman–Crippen LogP) is 5.55. The average Bonchev–Trinajstić information content (AvgIpc) is 3.37. The Morgan fingerprint density at radius 3 is 2.41 bits per heavy atom. The summed E-state index contributed by atoms with van der Waals surface area (Å²) in [7, 11) is 0. The van der Waals surface area contributed by atoms with Gasteiger partial charge < -0.3 is 9.88 Å². The van der Waals surface area contributed by atoms with E-state index in [9.17, 15) is 18.4 Å². The summed E-state index contributed by atoms with van der Waals surface area (Å²) in [6, 6.07) is 16.0. The molecule has 2 aromatic carbocycles. The van der Waals surface area contributed by atoms with Gasteiger partial charge in [-0.3, -0.25) is 13.8 Å². The first-order valence-corrected chi connectivity index (χ1v) is 13.5. The summed E-state index contributed by atoms with van der Waals surface area (Å²) in [4.78, 5) is 32.3. The maximum atomic E-state index is 13.8. The molecule has 3 aromatic heterocycles. The maximum absolute atomic E-state index is 13.8. The number of nitrogens with zero attached hydrogens (tertiary/aromatic N) is 3. The normalized spacial score (nSPS) is 14.9. The van der Waals surface area contributed by atoms with Gasteiger partial charge in [0.1, 0.15) is 11.6 Å². The fourth-order valence-corrected chi connectivity index (χ4v) is 5.89. The molecular weight excluding hydrogens is 498 g/mol. The lowest BCUT2D eigenvalue weighted by atomic mass is 9.89. The molecule has 8 heteroatoms. The molecule has 0 atom stereocenters. The van der Waals surface area contributed by atoms with Gasteiger partial charge in [-0.25, -0.2) is 13.6 Å². The van der Waals surface area contributed by atoms with Gasteiger partial charge in [0.15, 0.2) is 0 Å². The number of H-pyrrole nitrogens is 1. The van der Waals surface area contributed by atoms with Crippen molar-refractivity contribution in [1.29, 1.82) is 0 Å². The Balaban J connectivity index is 1.11. The number of aromatic nitrogens is 3. The van der Waals surface area contributed by atoms with Gasteiger partial charge in [-0.2, -0.15) is 0 Å². The van der Waals surface area contributed by atoms with Crippen molar-refractivity contribution < 1.29 is 8.78 Å². The molecule has 6 rings (SSSR count). The fraction of sp³-hybridized carbons (Fsp3) is 0.290. The third-order valence-corrected chi connectivity index (χ3v) is 7.95. The van der Waals surface area contributed by atoms with E-state index in [0.29, 0.717) is 35.5 Å². The van der Waals surface area contributed by atoms with Crippen LogP contribution in [0.1, 0.15) is 37.2 Å². The van der Waals surface area contributed by atoms with Crippen LogP contribution in [0.15, 0.2) is 82.6 Å². The fourth-order valence-electron chi connectivity index (χ4n) is 5.89.